The van der Waals surface area contributed by atoms with Gasteiger partial charge in [0.05, 0.1) is 6.61 Å². The van der Waals surface area contributed by atoms with Crippen molar-refractivity contribution in [2.24, 2.45) is 0 Å². The zero-order valence-electron chi connectivity index (χ0n) is 62.9. The molecule has 1 atom stereocenters. The number of allylic oxidation sites excluding steroid dienone is 6. The van der Waals surface area contributed by atoms with Gasteiger partial charge in [0.1, 0.15) is 6.61 Å². The van der Waals surface area contributed by atoms with Crippen LogP contribution >= 0.6 is 0 Å². The first-order valence-corrected chi connectivity index (χ1v) is 42.5. The normalized spacial score (nSPS) is 12.2. The molecule has 0 spiro atoms. The fourth-order valence-corrected chi connectivity index (χ4v) is 13.6. The summed E-state index contributed by atoms with van der Waals surface area (Å²) in [6.07, 6.45) is 113. The number of aliphatic hydroxyl groups is 1. The van der Waals surface area contributed by atoms with Gasteiger partial charge in [-0.05, 0) is 51.4 Å². The second-order valence-electron chi connectivity index (χ2n) is 29.3. The first kappa shape index (κ1) is 90.1. The smallest absolute Gasteiger partial charge is 0.306 e. The van der Waals surface area contributed by atoms with E-state index >= 15 is 0 Å². The second-order valence-corrected chi connectivity index (χ2v) is 29.3. The SMILES string of the molecule is CCCCCCC/C=C\C/C=C\C/C=C\CCCCCCCCCCCCCCCCCCCCCCCCC(=O)OC(CO)COC(=O)CCCCCCCCCCCCCCCCCCCCCCCCCCCCCCCCCCCCCCCCCCC. The van der Waals surface area contributed by atoms with Gasteiger partial charge in [-0.1, -0.05) is 461 Å². The maximum absolute atomic E-state index is 12.4. The molecule has 0 rings (SSSR count). The predicted molar refractivity (Wildman–Crippen MR) is 408 cm³/mol. The Balaban J connectivity index is 3.34. The topological polar surface area (TPSA) is 72.8 Å². The van der Waals surface area contributed by atoms with Crippen LogP contribution < -0.4 is 0 Å². The van der Waals surface area contributed by atoms with Crippen LogP contribution in [0.3, 0.4) is 0 Å². The molecule has 5 nitrogen and oxygen atoms in total. The van der Waals surface area contributed by atoms with Crippen LogP contribution in [-0.2, 0) is 19.1 Å². The quantitative estimate of drug-likeness (QED) is 0.0373. The second kappa shape index (κ2) is 83.3. The first-order valence-electron chi connectivity index (χ1n) is 42.5. The van der Waals surface area contributed by atoms with Gasteiger partial charge in [0.15, 0.2) is 6.10 Å². The number of aliphatic hydroxyl groups excluding tert-OH is 1. The summed E-state index contributed by atoms with van der Waals surface area (Å²) in [5.41, 5.74) is 0. The van der Waals surface area contributed by atoms with E-state index in [2.05, 4.69) is 50.3 Å². The number of carbonyl (C=O) groups is 2. The maximum Gasteiger partial charge on any atom is 0.306 e. The van der Waals surface area contributed by atoms with Crippen molar-refractivity contribution < 1.29 is 24.2 Å². The minimum Gasteiger partial charge on any atom is -0.462 e. The maximum atomic E-state index is 12.4. The summed E-state index contributed by atoms with van der Waals surface area (Å²) in [4.78, 5) is 24.7. The van der Waals surface area contributed by atoms with Crippen molar-refractivity contribution in [1.29, 1.82) is 0 Å². The molecule has 5 heteroatoms. The Morgan fingerprint density at radius 3 is 0.652 bits per heavy atom. The third-order valence-electron chi connectivity index (χ3n) is 19.9. The molecule has 0 aliphatic heterocycles. The Morgan fingerprint density at radius 2 is 0.435 bits per heavy atom. The van der Waals surface area contributed by atoms with Crippen LogP contribution in [0.15, 0.2) is 36.5 Å². The van der Waals surface area contributed by atoms with Crippen LogP contribution in [0.1, 0.15) is 489 Å². The third-order valence-corrected chi connectivity index (χ3v) is 19.9. The molecule has 1 unspecified atom stereocenters. The van der Waals surface area contributed by atoms with E-state index in [0.29, 0.717) is 12.8 Å². The number of rotatable bonds is 81. The van der Waals surface area contributed by atoms with E-state index in [1.165, 1.54) is 417 Å². The molecule has 92 heavy (non-hydrogen) atoms. The minimum absolute atomic E-state index is 0.0579. The Kier molecular flexibility index (Phi) is 81.6. The molecule has 0 aromatic carbocycles. The molecular weight excluding hydrogens is 1120 g/mol. The van der Waals surface area contributed by atoms with E-state index in [0.717, 1.165) is 44.9 Å². The number of unbranched alkanes of at least 4 members (excludes halogenated alkanes) is 67. The van der Waals surface area contributed by atoms with Gasteiger partial charge < -0.3 is 14.6 Å². The molecule has 0 amide bonds. The number of hydrogen-bond donors (Lipinski definition) is 1. The summed E-state index contributed by atoms with van der Waals surface area (Å²) >= 11 is 0. The molecule has 0 radical (unpaired) electrons. The lowest BCUT2D eigenvalue weighted by molar-refractivity contribution is -0.161. The van der Waals surface area contributed by atoms with Gasteiger partial charge in [0.25, 0.3) is 0 Å². The molecular formula is C87H166O5. The average Bonchev–Trinajstić information content (AvgIpc) is 3.70. The van der Waals surface area contributed by atoms with Crippen molar-refractivity contribution in [3.63, 3.8) is 0 Å². The van der Waals surface area contributed by atoms with Crippen LogP contribution in [0.5, 0.6) is 0 Å². The standard InChI is InChI=1S/C87H166O5/c1-3-5-7-9-11-13-15-17-19-21-23-25-27-29-31-33-35-37-39-41-42-43-44-46-47-49-51-53-55-57-59-61-63-65-67-69-71-73-75-77-79-81-86(89)91-84-85(83-88)92-87(90)82-80-78-76-74-72-70-68-66-64-62-60-58-56-54-52-50-48-45-40-38-36-34-32-30-28-26-24-22-20-18-16-14-12-10-8-6-4-2/h16,18,22,24,28,30,85,88H,3-15,17,19-21,23,25-27,29,31-84H2,1-2H3/b18-16-,24-22-,30-28-. The predicted octanol–water partition coefficient (Wildman–Crippen LogP) is 30.0. The lowest BCUT2D eigenvalue weighted by Gasteiger charge is -2.15. The minimum atomic E-state index is -0.770. The Hall–Kier alpha value is -1.88. The van der Waals surface area contributed by atoms with E-state index in [9.17, 15) is 14.7 Å². The molecule has 0 fully saturated rings. The molecule has 0 heterocycles. The Labute approximate surface area is 577 Å². The number of esters is 2. The molecule has 0 saturated heterocycles. The van der Waals surface area contributed by atoms with Gasteiger partial charge in [-0.25, -0.2) is 0 Å². The summed E-state index contributed by atoms with van der Waals surface area (Å²) in [6, 6.07) is 0. The molecule has 0 aliphatic carbocycles. The van der Waals surface area contributed by atoms with Crippen molar-refractivity contribution in [1.82, 2.24) is 0 Å². The average molecular weight is 1290 g/mol. The summed E-state index contributed by atoms with van der Waals surface area (Å²) in [5.74, 6) is -0.560. The van der Waals surface area contributed by atoms with E-state index in [1.807, 2.05) is 0 Å². The first-order chi connectivity index (χ1) is 45.6. The van der Waals surface area contributed by atoms with E-state index in [4.69, 9.17) is 9.47 Å². The monoisotopic (exact) mass is 1290 g/mol. The lowest BCUT2D eigenvalue weighted by Crippen LogP contribution is -2.28. The molecule has 0 bridgehead atoms. The van der Waals surface area contributed by atoms with Gasteiger partial charge >= 0.3 is 11.9 Å². The largest absolute Gasteiger partial charge is 0.462 e. The summed E-state index contributed by atoms with van der Waals surface area (Å²) in [6.45, 7) is 4.21. The van der Waals surface area contributed by atoms with E-state index in [1.54, 1.807) is 0 Å². The molecule has 1 N–H and O–H groups in total. The molecule has 0 aliphatic rings. The van der Waals surface area contributed by atoms with Crippen LogP contribution in [0.25, 0.3) is 0 Å². The summed E-state index contributed by atoms with van der Waals surface area (Å²) < 4.78 is 10.8. The van der Waals surface area contributed by atoms with Gasteiger partial charge in [-0.2, -0.15) is 0 Å². The highest BCUT2D eigenvalue weighted by atomic mass is 16.6. The number of carbonyl (C=O) groups excluding carboxylic acids is 2. The molecule has 0 aromatic heterocycles. The van der Waals surface area contributed by atoms with Crippen molar-refractivity contribution in [2.75, 3.05) is 13.2 Å². The fourth-order valence-electron chi connectivity index (χ4n) is 13.6. The Bertz CT molecular complexity index is 1470. The summed E-state index contributed by atoms with van der Waals surface area (Å²) in [5, 5.41) is 9.74. The number of ether oxygens (including phenoxy) is 2. The highest BCUT2D eigenvalue weighted by Crippen LogP contribution is 2.21. The van der Waals surface area contributed by atoms with Crippen molar-refractivity contribution >= 4 is 11.9 Å². The van der Waals surface area contributed by atoms with Gasteiger partial charge in [-0.3, -0.25) is 9.59 Å². The summed E-state index contributed by atoms with van der Waals surface area (Å²) in [7, 11) is 0. The highest BCUT2D eigenvalue weighted by Gasteiger charge is 2.16. The zero-order valence-corrected chi connectivity index (χ0v) is 62.9. The van der Waals surface area contributed by atoms with E-state index in [-0.39, 0.29) is 25.2 Å². The van der Waals surface area contributed by atoms with Crippen LogP contribution in [0.4, 0.5) is 0 Å². The van der Waals surface area contributed by atoms with Gasteiger partial charge in [0.2, 0.25) is 0 Å². The van der Waals surface area contributed by atoms with Crippen LogP contribution in [0, 0.1) is 0 Å². The van der Waals surface area contributed by atoms with Crippen LogP contribution in [0.2, 0.25) is 0 Å². The Morgan fingerprint density at radius 1 is 0.250 bits per heavy atom. The third kappa shape index (κ3) is 80.6. The molecule has 544 valence electrons. The zero-order chi connectivity index (χ0) is 66.1. The molecule has 0 saturated carbocycles. The van der Waals surface area contributed by atoms with Crippen molar-refractivity contribution in [2.45, 2.75) is 495 Å². The van der Waals surface area contributed by atoms with Gasteiger partial charge in [-0.15, -0.1) is 0 Å². The van der Waals surface area contributed by atoms with Gasteiger partial charge in [0, 0.05) is 12.8 Å². The fraction of sp³-hybridized carbons (Fsp3) is 0.908. The highest BCUT2D eigenvalue weighted by molar-refractivity contribution is 5.70. The van der Waals surface area contributed by atoms with Crippen molar-refractivity contribution in [3.8, 4) is 0 Å². The van der Waals surface area contributed by atoms with E-state index < -0.39 is 6.10 Å². The van der Waals surface area contributed by atoms with Crippen LogP contribution in [-0.4, -0.2) is 36.4 Å². The van der Waals surface area contributed by atoms with Crippen molar-refractivity contribution in [3.05, 3.63) is 36.5 Å². The lowest BCUT2D eigenvalue weighted by atomic mass is 10.0. The number of hydrogen-bond acceptors (Lipinski definition) is 5. The molecule has 0 aromatic rings.